The smallest absolute Gasteiger partial charge is 0.257 e. The van der Waals surface area contributed by atoms with Crippen molar-refractivity contribution in [3.8, 4) is 11.4 Å². The number of aromatic nitrogens is 4. The zero-order valence-electron chi connectivity index (χ0n) is 16.8. The predicted octanol–water partition coefficient (Wildman–Crippen LogP) is 4.58. The van der Waals surface area contributed by atoms with Crippen LogP contribution in [0.3, 0.4) is 0 Å². The third kappa shape index (κ3) is 5.16. The molecule has 8 nitrogen and oxygen atoms in total. The Labute approximate surface area is 197 Å². The first kappa shape index (κ1) is 22.0. The van der Waals surface area contributed by atoms with Crippen molar-refractivity contribution in [3.05, 3.63) is 70.7 Å². The van der Waals surface area contributed by atoms with Gasteiger partial charge in [-0.1, -0.05) is 35.5 Å². The first-order valence-corrected chi connectivity index (χ1v) is 11.6. The molecule has 11 heteroatoms. The Morgan fingerprint density at radius 3 is 2.59 bits per heavy atom. The van der Waals surface area contributed by atoms with E-state index >= 15 is 0 Å². The molecule has 0 unspecified atom stereocenters. The Kier molecular flexibility index (Phi) is 6.84. The molecule has 4 rings (SSSR count). The van der Waals surface area contributed by atoms with Crippen molar-refractivity contribution < 1.29 is 9.59 Å². The number of anilines is 2. The van der Waals surface area contributed by atoms with Gasteiger partial charge in [0.25, 0.3) is 5.91 Å². The fourth-order valence-electron chi connectivity index (χ4n) is 2.81. The van der Waals surface area contributed by atoms with Crippen molar-refractivity contribution in [1.82, 2.24) is 19.7 Å². The van der Waals surface area contributed by atoms with Crippen molar-refractivity contribution >= 4 is 57.3 Å². The van der Waals surface area contributed by atoms with Gasteiger partial charge in [-0.05, 0) is 36.4 Å². The van der Waals surface area contributed by atoms with E-state index in [9.17, 15) is 9.59 Å². The molecule has 0 aliphatic rings. The summed E-state index contributed by atoms with van der Waals surface area (Å²) in [7, 11) is 1.84. The lowest BCUT2D eigenvalue weighted by molar-refractivity contribution is -0.113. The maximum absolute atomic E-state index is 12.4. The van der Waals surface area contributed by atoms with Crippen LogP contribution in [0.25, 0.3) is 11.4 Å². The number of carbonyl (C=O) groups excluding carboxylic acids is 2. The van der Waals surface area contributed by atoms with E-state index < -0.39 is 0 Å². The first-order chi connectivity index (χ1) is 15.5. The number of hydrogen-bond acceptors (Lipinski definition) is 7. The van der Waals surface area contributed by atoms with E-state index in [0.717, 1.165) is 5.56 Å². The van der Waals surface area contributed by atoms with Gasteiger partial charge in [-0.2, -0.15) is 0 Å². The van der Waals surface area contributed by atoms with Crippen LogP contribution in [-0.2, 0) is 11.8 Å². The van der Waals surface area contributed by atoms with E-state index in [1.807, 2.05) is 23.7 Å². The Morgan fingerprint density at radius 1 is 1.09 bits per heavy atom. The highest BCUT2D eigenvalue weighted by Gasteiger charge is 2.14. The monoisotopic (exact) mass is 484 g/mol. The molecular weight excluding hydrogens is 468 g/mol. The van der Waals surface area contributed by atoms with Crippen LogP contribution in [0.4, 0.5) is 10.8 Å². The predicted molar refractivity (Wildman–Crippen MR) is 127 cm³/mol. The third-order valence-electron chi connectivity index (χ3n) is 4.37. The number of carbonyl (C=O) groups is 2. The Hall–Kier alpha value is -3.21. The number of benzene rings is 2. The minimum absolute atomic E-state index is 0.159. The normalized spacial score (nSPS) is 10.7. The van der Waals surface area contributed by atoms with E-state index in [1.165, 1.54) is 23.1 Å². The van der Waals surface area contributed by atoms with Crippen molar-refractivity contribution in [3.63, 3.8) is 0 Å². The molecule has 0 saturated carbocycles. The molecule has 0 fully saturated rings. The van der Waals surface area contributed by atoms with Crippen LogP contribution >= 0.6 is 34.7 Å². The van der Waals surface area contributed by atoms with Crippen LogP contribution < -0.4 is 10.6 Å². The number of halogens is 1. The molecule has 2 aromatic heterocycles. The molecule has 0 aliphatic carbocycles. The summed E-state index contributed by atoms with van der Waals surface area (Å²) < 4.78 is 1.82. The SMILES string of the molecule is Cn1c(SCC(=O)Nc2nccs2)nnc1-c1ccc(NC(=O)c2ccccc2Cl)cc1. The van der Waals surface area contributed by atoms with Gasteiger partial charge >= 0.3 is 0 Å². The second-order valence-electron chi connectivity index (χ2n) is 6.55. The van der Waals surface area contributed by atoms with Crippen molar-refractivity contribution in [1.29, 1.82) is 0 Å². The summed E-state index contributed by atoms with van der Waals surface area (Å²) in [6.07, 6.45) is 1.63. The van der Waals surface area contributed by atoms with Crippen LogP contribution in [0, 0.1) is 0 Å². The van der Waals surface area contributed by atoms with E-state index in [2.05, 4.69) is 25.8 Å². The standard InChI is InChI=1S/C21H17ClN6O2S2/c1-28-18(26-27-21(28)32-12-17(29)25-20-23-10-11-31-20)13-6-8-14(9-7-13)24-19(30)15-4-2-3-5-16(15)22/h2-11H,12H2,1H3,(H,24,30)(H,23,25,29). The van der Waals surface area contributed by atoms with Gasteiger partial charge in [0, 0.05) is 29.9 Å². The summed E-state index contributed by atoms with van der Waals surface area (Å²) in [5, 5.41) is 17.4. The topological polar surface area (TPSA) is 102 Å². The fraction of sp³-hybridized carbons (Fsp3) is 0.0952. The Balaban J connectivity index is 1.39. The number of rotatable bonds is 7. The number of nitrogens with zero attached hydrogens (tertiary/aromatic N) is 4. The lowest BCUT2D eigenvalue weighted by atomic mass is 10.1. The molecule has 2 heterocycles. The number of hydrogen-bond donors (Lipinski definition) is 2. The molecule has 2 N–H and O–H groups in total. The van der Waals surface area contributed by atoms with Crippen LogP contribution in [-0.4, -0.2) is 37.3 Å². The maximum Gasteiger partial charge on any atom is 0.257 e. The van der Waals surface area contributed by atoms with Gasteiger partial charge in [-0.3, -0.25) is 9.59 Å². The maximum atomic E-state index is 12.4. The van der Waals surface area contributed by atoms with Gasteiger partial charge in [0.1, 0.15) is 0 Å². The lowest BCUT2D eigenvalue weighted by Gasteiger charge is -2.08. The molecule has 0 aliphatic heterocycles. The molecule has 0 radical (unpaired) electrons. The van der Waals surface area contributed by atoms with Gasteiger partial charge in [0.2, 0.25) is 5.91 Å². The molecule has 0 bridgehead atoms. The van der Waals surface area contributed by atoms with Crippen molar-refractivity contribution in [2.45, 2.75) is 5.16 Å². The Bertz CT molecular complexity index is 1240. The summed E-state index contributed by atoms with van der Waals surface area (Å²) >= 11 is 8.73. The van der Waals surface area contributed by atoms with Crippen LogP contribution in [0.2, 0.25) is 5.02 Å². The fourth-order valence-corrected chi connectivity index (χ4v) is 4.29. The molecule has 0 atom stereocenters. The van der Waals surface area contributed by atoms with Crippen LogP contribution in [0.15, 0.2) is 65.3 Å². The number of thiazole rings is 1. The van der Waals surface area contributed by atoms with E-state index in [0.29, 0.717) is 32.4 Å². The van der Waals surface area contributed by atoms with Gasteiger partial charge < -0.3 is 15.2 Å². The van der Waals surface area contributed by atoms with Crippen molar-refractivity contribution in [2.75, 3.05) is 16.4 Å². The quantitative estimate of drug-likeness (QED) is 0.372. The zero-order valence-corrected chi connectivity index (χ0v) is 19.2. The molecule has 162 valence electrons. The van der Waals surface area contributed by atoms with E-state index in [4.69, 9.17) is 11.6 Å². The largest absolute Gasteiger partial charge is 0.322 e. The molecular formula is C21H17ClN6O2S2. The van der Waals surface area contributed by atoms with E-state index in [-0.39, 0.29) is 17.6 Å². The Morgan fingerprint density at radius 2 is 1.88 bits per heavy atom. The average Bonchev–Trinajstić information content (AvgIpc) is 3.43. The number of amides is 2. The lowest BCUT2D eigenvalue weighted by Crippen LogP contribution is -2.14. The molecule has 2 aromatic carbocycles. The van der Waals surface area contributed by atoms with Crippen LogP contribution in [0.5, 0.6) is 0 Å². The minimum atomic E-state index is -0.281. The second kappa shape index (κ2) is 9.94. The second-order valence-corrected chi connectivity index (χ2v) is 8.79. The summed E-state index contributed by atoms with van der Waals surface area (Å²) in [5.74, 6) is 0.403. The van der Waals surface area contributed by atoms with Crippen LogP contribution in [0.1, 0.15) is 10.4 Å². The average molecular weight is 485 g/mol. The van der Waals surface area contributed by atoms with Gasteiger partial charge in [-0.15, -0.1) is 21.5 Å². The van der Waals surface area contributed by atoms with Crippen molar-refractivity contribution in [2.24, 2.45) is 7.05 Å². The number of thioether (sulfide) groups is 1. The van der Waals surface area contributed by atoms with Gasteiger partial charge in [0.15, 0.2) is 16.1 Å². The number of nitrogens with one attached hydrogen (secondary N) is 2. The first-order valence-electron chi connectivity index (χ1n) is 9.39. The summed E-state index contributed by atoms with van der Waals surface area (Å²) in [6, 6.07) is 14.1. The van der Waals surface area contributed by atoms with Gasteiger partial charge in [-0.25, -0.2) is 4.98 Å². The summed E-state index contributed by atoms with van der Waals surface area (Å²) in [6.45, 7) is 0. The highest BCUT2D eigenvalue weighted by Crippen LogP contribution is 2.25. The van der Waals surface area contributed by atoms with Gasteiger partial charge in [0.05, 0.1) is 16.3 Å². The summed E-state index contributed by atoms with van der Waals surface area (Å²) in [4.78, 5) is 28.5. The highest BCUT2D eigenvalue weighted by molar-refractivity contribution is 7.99. The van der Waals surface area contributed by atoms with E-state index in [1.54, 1.807) is 48.0 Å². The highest BCUT2D eigenvalue weighted by atomic mass is 35.5. The third-order valence-corrected chi connectivity index (χ3v) is 6.40. The molecule has 2 amide bonds. The molecule has 0 saturated heterocycles. The minimum Gasteiger partial charge on any atom is -0.322 e. The molecule has 4 aromatic rings. The summed E-state index contributed by atoms with van der Waals surface area (Å²) in [5.41, 5.74) is 1.87. The molecule has 32 heavy (non-hydrogen) atoms. The zero-order chi connectivity index (χ0) is 22.5. The molecule has 0 spiro atoms.